The summed E-state index contributed by atoms with van der Waals surface area (Å²) in [6, 6.07) is 15.4. The van der Waals surface area contributed by atoms with Crippen molar-refractivity contribution in [3.8, 4) is 5.75 Å². The first-order chi connectivity index (χ1) is 11.6. The molecule has 2 aromatic carbocycles. The molecule has 0 saturated carbocycles. The molecule has 0 aliphatic heterocycles. The van der Waals surface area contributed by atoms with Gasteiger partial charge < -0.3 is 10.1 Å². The van der Waals surface area contributed by atoms with Crippen molar-refractivity contribution in [2.75, 3.05) is 18.1 Å². The number of amides is 1. The van der Waals surface area contributed by atoms with Crippen LogP contribution in [-0.4, -0.2) is 24.0 Å². The van der Waals surface area contributed by atoms with E-state index in [1.54, 1.807) is 11.8 Å². The number of para-hydroxylation sites is 1. The van der Waals surface area contributed by atoms with Crippen LogP contribution in [-0.2, 0) is 4.79 Å². The van der Waals surface area contributed by atoms with Crippen molar-refractivity contribution in [3.05, 3.63) is 64.7 Å². The Morgan fingerprint density at radius 3 is 2.67 bits per heavy atom. The number of ether oxygens (including phenoxy) is 1. The first-order valence-corrected chi connectivity index (χ1v) is 9.41. The van der Waals surface area contributed by atoms with Crippen LogP contribution in [0.4, 0.5) is 0 Å². The molecule has 0 aromatic heterocycles. The Balaban J connectivity index is 1.67. The third-order valence-electron chi connectivity index (χ3n) is 3.56. The number of hydrogen-bond acceptors (Lipinski definition) is 3. The molecule has 0 bridgehead atoms. The molecule has 0 heterocycles. The molecule has 5 heteroatoms. The molecule has 3 nitrogen and oxygen atoms in total. The van der Waals surface area contributed by atoms with Gasteiger partial charge in [-0.25, -0.2) is 0 Å². The standard InChI is InChI=1S/C19H22ClNO2S/c1-14-7-3-6-10-18(14)23-11-12-24-13-19(22)21-15(2)16-8-4-5-9-17(16)20/h3-10,15H,11-13H2,1-2H3,(H,21,22). The fourth-order valence-corrected chi connectivity index (χ4v) is 3.19. The van der Waals surface area contributed by atoms with Gasteiger partial charge in [0.2, 0.25) is 5.91 Å². The van der Waals surface area contributed by atoms with Crippen LogP contribution in [0, 0.1) is 6.92 Å². The van der Waals surface area contributed by atoms with Crippen LogP contribution < -0.4 is 10.1 Å². The van der Waals surface area contributed by atoms with E-state index >= 15 is 0 Å². The zero-order valence-corrected chi connectivity index (χ0v) is 15.5. The normalized spacial score (nSPS) is 11.8. The lowest BCUT2D eigenvalue weighted by molar-refractivity contribution is -0.119. The molecule has 128 valence electrons. The quantitative estimate of drug-likeness (QED) is 0.694. The molecule has 2 aromatic rings. The number of rotatable bonds is 8. The second-order valence-electron chi connectivity index (χ2n) is 5.48. The molecular formula is C19H22ClNO2S. The minimum atomic E-state index is -0.102. The summed E-state index contributed by atoms with van der Waals surface area (Å²) in [5, 5.41) is 3.64. The number of halogens is 1. The molecule has 0 spiro atoms. The van der Waals surface area contributed by atoms with Gasteiger partial charge in [-0.05, 0) is 37.1 Å². The molecule has 1 atom stereocenters. The summed E-state index contributed by atoms with van der Waals surface area (Å²) in [7, 11) is 0. The fourth-order valence-electron chi connectivity index (χ4n) is 2.28. The summed E-state index contributed by atoms with van der Waals surface area (Å²) < 4.78 is 5.71. The average Bonchev–Trinajstić information content (AvgIpc) is 2.56. The van der Waals surface area contributed by atoms with Gasteiger partial charge in [-0.3, -0.25) is 4.79 Å². The lowest BCUT2D eigenvalue weighted by Crippen LogP contribution is -2.28. The van der Waals surface area contributed by atoms with Crippen LogP contribution in [0.1, 0.15) is 24.1 Å². The van der Waals surface area contributed by atoms with Gasteiger partial charge in [0.15, 0.2) is 0 Å². The largest absolute Gasteiger partial charge is 0.492 e. The van der Waals surface area contributed by atoms with Crippen LogP contribution in [0.2, 0.25) is 5.02 Å². The van der Waals surface area contributed by atoms with Gasteiger partial charge in [0.25, 0.3) is 0 Å². The van der Waals surface area contributed by atoms with E-state index in [-0.39, 0.29) is 11.9 Å². The highest BCUT2D eigenvalue weighted by Gasteiger charge is 2.12. The summed E-state index contributed by atoms with van der Waals surface area (Å²) in [5.41, 5.74) is 2.05. The number of benzene rings is 2. The molecule has 1 N–H and O–H groups in total. The van der Waals surface area contributed by atoms with Crippen molar-refractivity contribution in [1.29, 1.82) is 0 Å². The number of carbonyl (C=O) groups excluding carboxylic acids is 1. The lowest BCUT2D eigenvalue weighted by Gasteiger charge is -2.15. The van der Waals surface area contributed by atoms with E-state index in [0.717, 1.165) is 22.6 Å². The molecule has 0 saturated heterocycles. The molecular weight excluding hydrogens is 342 g/mol. The van der Waals surface area contributed by atoms with Crippen LogP contribution >= 0.6 is 23.4 Å². The zero-order valence-electron chi connectivity index (χ0n) is 13.9. The second kappa shape index (κ2) is 9.60. The monoisotopic (exact) mass is 363 g/mol. The highest BCUT2D eigenvalue weighted by molar-refractivity contribution is 7.99. The summed E-state index contributed by atoms with van der Waals surface area (Å²) >= 11 is 7.70. The van der Waals surface area contributed by atoms with E-state index in [1.807, 2.05) is 62.4 Å². The van der Waals surface area contributed by atoms with Gasteiger partial charge in [0.05, 0.1) is 18.4 Å². The Morgan fingerprint density at radius 1 is 1.21 bits per heavy atom. The smallest absolute Gasteiger partial charge is 0.230 e. The summed E-state index contributed by atoms with van der Waals surface area (Å²) in [6.07, 6.45) is 0. The summed E-state index contributed by atoms with van der Waals surface area (Å²) in [6.45, 7) is 4.54. The predicted molar refractivity (Wildman–Crippen MR) is 102 cm³/mol. The van der Waals surface area contributed by atoms with Gasteiger partial charge in [0.1, 0.15) is 5.75 Å². The fraction of sp³-hybridized carbons (Fsp3) is 0.316. The van der Waals surface area contributed by atoms with Crippen molar-refractivity contribution >= 4 is 29.3 Å². The lowest BCUT2D eigenvalue weighted by atomic mass is 10.1. The van der Waals surface area contributed by atoms with E-state index < -0.39 is 0 Å². The first-order valence-electron chi connectivity index (χ1n) is 7.88. The molecule has 0 radical (unpaired) electrons. The Hall–Kier alpha value is -1.65. The SMILES string of the molecule is Cc1ccccc1OCCSCC(=O)NC(C)c1ccccc1Cl. The second-order valence-corrected chi connectivity index (χ2v) is 6.99. The van der Waals surface area contributed by atoms with Gasteiger partial charge in [0, 0.05) is 10.8 Å². The van der Waals surface area contributed by atoms with Crippen LogP contribution in [0.15, 0.2) is 48.5 Å². The average molecular weight is 364 g/mol. The number of nitrogens with one attached hydrogen (secondary N) is 1. The molecule has 24 heavy (non-hydrogen) atoms. The topological polar surface area (TPSA) is 38.3 Å². The van der Waals surface area contributed by atoms with E-state index in [0.29, 0.717) is 17.4 Å². The van der Waals surface area contributed by atoms with Crippen molar-refractivity contribution < 1.29 is 9.53 Å². The molecule has 0 aliphatic carbocycles. The number of aryl methyl sites for hydroxylation is 1. The predicted octanol–water partition coefficient (Wildman–Crippen LogP) is 4.64. The van der Waals surface area contributed by atoms with Gasteiger partial charge in [-0.15, -0.1) is 11.8 Å². The van der Waals surface area contributed by atoms with E-state index in [1.165, 1.54) is 0 Å². The third-order valence-corrected chi connectivity index (χ3v) is 4.83. The molecule has 0 aliphatic rings. The zero-order chi connectivity index (χ0) is 17.4. The number of hydrogen-bond donors (Lipinski definition) is 1. The van der Waals surface area contributed by atoms with Crippen molar-refractivity contribution in [1.82, 2.24) is 5.32 Å². The maximum Gasteiger partial charge on any atom is 0.230 e. The maximum absolute atomic E-state index is 12.0. The van der Waals surface area contributed by atoms with E-state index in [2.05, 4.69) is 5.32 Å². The minimum absolute atomic E-state index is 0.00307. The van der Waals surface area contributed by atoms with Crippen molar-refractivity contribution in [2.45, 2.75) is 19.9 Å². The third kappa shape index (κ3) is 5.77. The number of thioether (sulfide) groups is 1. The molecule has 1 unspecified atom stereocenters. The molecule has 2 rings (SSSR count). The van der Waals surface area contributed by atoms with Crippen LogP contribution in [0.25, 0.3) is 0 Å². The Labute approximate surface area is 152 Å². The van der Waals surface area contributed by atoms with Crippen LogP contribution in [0.5, 0.6) is 5.75 Å². The highest BCUT2D eigenvalue weighted by atomic mass is 35.5. The number of carbonyl (C=O) groups is 1. The van der Waals surface area contributed by atoms with Crippen molar-refractivity contribution in [2.24, 2.45) is 0 Å². The maximum atomic E-state index is 12.0. The van der Waals surface area contributed by atoms with E-state index in [4.69, 9.17) is 16.3 Å². The Morgan fingerprint density at radius 2 is 1.92 bits per heavy atom. The van der Waals surface area contributed by atoms with Gasteiger partial charge in [-0.1, -0.05) is 48.0 Å². The van der Waals surface area contributed by atoms with Crippen molar-refractivity contribution in [3.63, 3.8) is 0 Å². The molecule has 1 amide bonds. The minimum Gasteiger partial charge on any atom is -0.492 e. The van der Waals surface area contributed by atoms with E-state index in [9.17, 15) is 4.79 Å². The van der Waals surface area contributed by atoms with Crippen LogP contribution in [0.3, 0.4) is 0 Å². The summed E-state index contributed by atoms with van der Waals surface area (Å²) in [5.74, 6) is 2.08. The first kappa shape index (κ1) is 18.7. The van der Waals surface area contributed by atoms with Gasteiger partial charge >= 0.3 is 0 Å². The highest BCUT2D eigenvalue weighted by Crippen LogP contribution is 2.22. The summed E-state index contributed by atoms with van der Waals surface area (Å²) in [4.78, 5) is 12.0. The van der Waals surface area contributed by atoms with Gasteiger partial charge in [-0.2, -0.15) is 0 Å². The molecule has 0 fully saturated rings. The Bertz CT molecular complexity index is 678. The Kier molecular flexibility index (Phi) is 7.47.